The first-order valence-corrected chi connectivity index (χ1v) is 5.66. The van der Waals surface area contributed by atoms with E-state index in [1.807, 2.05) is 31.2 Å². The molecule has 0 heterocycles. The van der Waals surface area contributed by atoms with Gasteiger partial charge >= 0.3 is 5.97 Å². The van der Waals surface area contributed by atoms with Gasteiger partial charge in [0.2, 0.25) is 0 Å². The lowest BCUT2D eigenvalue weighted by molar-refractivity contribution is -0.151. The average molecular weight is 231 g/mol. The van der Waals surface area contributed by atoms with Gasteiger partial charge in [-0.05, 0) is 26.3 Å². The van der Waals surface area contributed by atoms with Gasteiger partial charge in [-0.1, -0.05) is 29.8 Å². The summed E-state index contributed by atoms with van der Waals surface area (Å²) < 4.78 is 4.94. The molecule has 3 nitrogen and oxygen atoms in total. The Labute approximate surface area is 102 Å². The molecular formula is C14H17NO2. The number of hydrogen-bond acceptors (Lipinski definition) is 3. The summed E-state index contributed by atoms with van der Waals surface area (Å²) in [6, 6.07) is 9.86. The SMILES string of the molecule is CCOC(=O)C(C)(C#N)Cc1cccc(C)c1. The molecule has 1 atom stereocenters. The fourth-order valence-electron chi connectivity index (χ4n) is 1.68. The number of hydrogen-bond donors (Lipinski definition) is 0. The van der Waals surface area contributed by atoms with E-state index < -0.39 is 11.4 Å². The normalized spacial score (nSPS) is 13.5. The second kappa shape index (κ2) is 5.49. The monoisotopic (exact) mass is 231 g/mol. The lowest BCUT2D eigenvalue weighted by atomic mass is 9.85. The molecule has 0 aromatic heterocycles. The maximum Gasteiger partial charge on any atom is 0.326 e. The third-order valence-corrected chi connectivity index (χ3v) is 2.61. The fourth-order valence-corrected chi connectivity index (χ4v) is 1.68. The number of carbonyl (C=O) groups excluding carboxylic acids is 1. The molecule has 0 N–H and O–H groups in total. The highest BCUT2D eigenvalue weighted by Crippen LogP contribution is 2.24. The maximum atomic E-state index is 11.7. The molecule has 90 valence electrons. The molecule has 1 aromatic carbocycles. The largest absolute Gasteiger partial charge is 0.465 e. The highest BCUT2D eigenvalue weighted by molar-refractivity contribution is 5.80. The van der Waals surface area contributed by atoms with E-state index in [1.165, 1.54) is 0 Å². The lowest BCUT2D eigenvalue weighted by Crippen LogP contribution is -2.30. The van der Waals surface area contributed by atoms with Crippen molar-refractivity contribution in [1.82, 2.24) is 0 Å². The predicted octanol–water partition coefficient (Wildman–Crippen LogP) is 2.63. The topological polar surface area (TPSA) is 50.1 Å². The van der Waals surface area contributed by atoms with Crippen LogP contribution in [0.4, 0.5) is 0 Å². The van der Waals surface area contributed by atoms with Gasteiger partial charge in [0, 0.05) is 6.42 Å². The second-order valence-electron chi connectivity index (χ2n) is 4.33. The Bertz CT molecular complexity index is 448. The molecule has 1 aromatic rings. The summed E-state index contributed by atoms with van der Waals surface area (Å²) in [7, 11) is 0. The number of carbonyl (C=O) groups is 1. The van der Waals surface area contributed by atoms with Gasteiger partial charge in [-0.25, -0.2) is 0 Å². The highest BCUT2D eigenvalue weighted by atomic mass is 16.5. The Morgan fingerprint density at radius 1 is 1.53 bits per heavy atom. The molecule has 0 spiro atoms. The van der Waals surface area contributed by atoms with Crippen molar-refractivity contribution in [2.45, 2.75) is 27.2 Å². The Balaban J connectivity index is 2.90. The number of rotatable bonds is 4. The van der Waals surface area contributed by atoms with Gasteiger partial charge < -0.3 is 4.74 Å². The zero-order valence-electron chi connectivity index (χ0n) is 10.5. The molecule has 1 rings (SSSR count). The van der Waals surface area contributed by atoms with Crippen LogP contribution < -0.4 is 0 Å². The Morgan fingerprint density at radius 2 is 2.24 bits per heavy atom. The first kappa shape index (κ1) is 13.2. The Hall–Kier alpha value is -1.82. The summed E-state index contributed by atoms with van der Waals surface area (Å²) >= 11 is 0. The summed E-state index contributed by atoms with van der Waals surface area (Å²) in [4.78, 5) is 11.7. The van der Waals surface area contributed by atoms with Crippen molar-refractivity contribution < 1.29 is 9.53 Å². The molecule has 0 aliphatic heterocycles. The Morgan fingerprint density at radius 3 is 2.76 bits per heavy atom. The molecule has 0 bridgehead atoms. The van der Waals surface area contributed by atoms with Crippen LogP contribution in [0.25, 0.3) is 0 Å². The van der Waals surface area contributed by atoms with Gasteiger partial charge in [0.1, 0.15) is 0 Å². The number of ether oxygens (including phenoxy) is 1. The number of nitrogens with zero attached hydrogens (tertiary/aromatic N) is 1. The molecule has 0 fully saturated rings. The van der Waals surface area contributed by atoms with E-state index in [-0.39, 0.29) is 0 Å². The van der Waals surface area contributed by atoms with Gasteiger partial charge in [0.05, 0.1) is 12.7 Å². The molecule has 0 aliphatic carbocycles. The van der Waals surface area contributed by atoms with Gasteiger partial charge in [-0.3, -0.25) is 4.79 Å². The summed E-state index contributed by atoms with van der Waals surface area (Å²) in [5.74, 6) is -0.455. The standard InChI is InChI=1S/C14H17NO2/c1-4-17-13(16)14(3,10-15)9-12-7-5-6-11(2)8-12/h5-8H,4,9H2,1-3H3. The van der Waals surface area contributed by atoms with Crippen LogP contribution in [0, 0.1) is 23.7 Å². The van der Waals surface area contributed by atoms with Crippen LogP contribution in [0.3, 0.4) is 0 Å². The number of aryl methyl sites for hydroxylation is 1. The molecule has 1 unspecified atom stereocenters. The van der Waals surface area contributed by atoms with E-state index >= 15 is 0 Å². The third kappa shape index (κ3) is 3.32. The summed E-state index contributed by atoms with van der Waals surface area (Å²) in [6.45, 7) is 5.64. The minimum Gasteiger partial charge on any atom is -0.465 e. The minimum atomic E-state index is -1.11. The fraction of sp³-hybridized carbons (Fsp3) is 0.429. The van der Waals surface area contributed by atoms with Crippen molar-refractivity contribution in [2.24, 2.45) is 5.41 Å². The average Bonchev–Trinajstić information content (AvgIpc) is 2.29. The number of benzene rings is 1. The Kier molecular flexibility index (Phi) is 4.28. The predicted molar refractivity (Wildman–Crippen MR) is 65.2 cm³/mol. The van der Waals surface area contributed by atoms with Crippen LogP contribution in [-0.4, -0.2) is 12.6 Å². The first-order valence-electron chi connectivity index (χ1n) is 5.66. The van der Waals surface area contributed by atoms with Crippen LogP contribution in [0.15, 0.2) is 24.3 Å². The van der Waals surface area contributed by atoms with Crippen molar-refractivity contribution in [3.05, 3.63) is 35.4 Å². The summed E-state index contributed by atoms with van der Waals surface area (Å²) in [6.07, 6.45) is 0.379. The van der Waals surface area contributed by atoms with E-state index in [0.717, 1.165) is 11.1 Å². The molecule has 0 aliphatic rings. The van der Waals surface area contributed by atoms with E-state index in [1.54, 1.807) is 13.8 Å². The molecule has 0 saturated carbocycles. The van der Waals surface area contributed by atoms with Crippen molar-refractivity contribution in [1.29, 1.82) is 5.26 Å². The van der Waals surface area contributed by atoms with Gasteiger partial charge in [-0.15, -0.1) is 0 Å². The molecule has 3 heteroatoms. The van der Waals surface area contributed by atoms with Crippen LogP contribution in [0.2, 0.25) is 0 Å². The first-order chi connectivity index (χ1) is 8.01. The number of esters is 1. The maximum absolute atomic E-state index is 11.7. The smallest absolute Gasteiger partial charge is 0.326 e. The van der Waals surface area contributed by atoms with Crippen LogP contribution in [-0.2, 0) is 16.0 Å². The zero-order valence-corrected chi connectivity index (χ0v) is 10.5. The van der Waals surface area contributed by atoms with Crippen LogP contribution >= 0.6 is 0 Å². The van der Waals surface area contributed by atoms with E-state index in [4.69, 9.17) is 10.00 Å². The lowest BCUT2D eigenvalue weighted by Gasteiger charge is -2.19. The van der Waals surface area contributed by atoms with E-state index in [9.17, 15) is 4.79 Å². The van der Waals surface area contributed by atoms with Gasteiger partial charge in [-0.2, -0.15) is 5.26 Å². The molecule has 0 radical (unpaired) electrons. The van der Waals surface area contributed by atoms with Crippen molar-refractivity contribution >= 4 is 5.97 Å². The summed E-state index contributed by atoms with van der Waals surface area (Å²) in [5, 5.41) is 9.16. The van der Waals surface area contributed by atoms with Crippen molar-refractivity contribution in [3.63, 3.8) is 0 Å². The summed E-state index contributed by atoms with van der Waals surface area (Å²) in [5.41, 5.74) is 0.984. The molecule has 0 saturated heterocycles. The third-order valence-electron chi connectivity index (χ3n) is 2.61. The molecule has 17 heavy (non-hydrogen) atoms. The van der Waals surface area contributed by atoms with E-state index in [0.29, 0.717) is 13.0 Å². The quantitative estimate of drug-likeness (QED) is 0.748. The second-order valence-corrected chi connectivity index (χ2v) is 4.33. The highest BCUT2D eigenvalue weighted by Gasteiger charge is 2.35. The zero-order chi connectivity index (χ0) is 12.9. The molecular weight excluding hydrogens is 214 g/mol. The van der Waals surface area contributed by atoms with Gasteiger partial charge in [0.25, 0.3) is 0 Å². The van der Waals surface area contributed by atoms with Crippen molar-refractivity contribution in [3.8, 4) is 6.07 Å². The van der Waals surface area contributed by atoms with Crippen molar-refractivity contribution in [2.75, 3.05) is 6.61 Å². The van der Waals surface area contributed by atoms with Gasteiger partial charge in [0.15, 0.2) is 5.41 Å². The van der Waals surface area contributed by atoms with Crippen LogP contribution in [0.1, 0.15) is 25.0 Å². The minimum absolute atomic E-state index is 0.296. The number of nitriles is 1. The van der Waals surface area contributed by atoms with E-state index in [2.05, 4.69) is 6.07 Å². The molecule has 0 amide bonds. The van der Waals surface area contributed by atoms with Crippen LogP contribution in [0.5, 0.6) is 0 Å².